The number of aromatic nitrogens is 4. The zero-order valence-corrected chi connectivity index (χ0v) is 21.1. The van der Waals surface area contributed by atoms with Crippen molar-refractivity contribution in [2.24, 2.45) is 0 Å². The normalized spacial score (nSPS) is 12.0. The third-order valence-corrected chi connectivity index (χ3v) is 6.87. The van der Waals surface area contributed by atoms with E-state index in [1.54, 1.807) is 48.9 Å². The fourth-order valence-electron chi connectivity index (χ4n) is 4.24. The van der Waals surface area contributed by atoms with Gasteiger partial charge in [-0.15, -0.1) is 11.3 Å². The fraction of sp³-hybridized carbons (Fsp3) is 0.185. The molecule has 0 saturated carbocycles. The molecule has 5 rings (SSSR count). The van der Waals surface area contributed by atoms with Gasteiger partial charge in [-0.1, -0.05) is 6.07 Å². The maximum atomic E-state index is 13.0. The molecule has 1 amide bonds. The van der Waals surface area contributed by atoms with Crippen LogP contribution in [0.25, 0.3) is 33.5 Å². The Bertz CT molecular complexity index is 1590. The van der Waals surface area contributed by atoms with E-state index in [1.807, 2.05) is 45.0 Å². The molecule has 3 heterocycles. The number of phenolic OH excluding ortho intramolecular Hbond substituents is 1. The lowest BCUT2D eigenvalue weighted by atomic mass is 10.0. The van der Waals surface area contributed by atoms with Crippen LogP contribution < -0.4 is 10.1 Å². The number of aromatic hydroxyl groups is 1. The number of amides is 1. The van der Waals surface area contributed by atoms with E-state index in [-0.39, 0.29) is 17.7 Å². The lowest BCUT2D eigenvalue weighted by Gasteiger charge is -2.12. The van der Waals surface area contributed by atoms with Gasteiger partial charge in [0.05, 0.1) is 40.5 Å². The van der Waals surface area contributed by atoms with Gasteiger partial charge in [0.25, 0.3) is 5.91 Å². The standard InChI is InChI=1S/C27H25N5O3S/c1-14(24-15(2)36-16(3)30-24)29-26(34)18-7-9-21-22(13-18)32-25(31-21)20-12-17(8-10-23(20)33)19-6-5-11-28-27(19)35-4/h5-14,33H,1-4H3,(H,29,34)(H,31,32). The van der Waals surface area contributed by atoms with Gasteiger partial charge in [-0.2, -0.15) is 0 Å². The molecule has 0 fully saturated rings. The summed E-state index contributed by atoms with van der Waals surface area (Å²) in [5.74, 6) is 0.868. The van der Waals surface area contributed by atoms with Crippen molar-refractivity contribution in [1.82, 2.24) is 25.3 Å². The van der Waals surface area contributed by atoms with Crippen LogP contribution in [0.3, 0.4) is 0 Å². The molecule has 5 aromatic rings. The molecule has 0 saturated heterocycles. The molecule has 0 radical (unpaired) electrons. The van der Waals surface area contributed by atoms with Gasteiger partial charge in [-0.05, 0) is 68.8 Å². The van der Waals surface area contributed by atoms with Crippen molar-refractivity contribution in [1.29, 1.82) is 0 Å². The lowest BCUT2D eigenvalue weighted by Crippen LogP contribution is -2.27. The van der Waals surface area contributed by atoms with E-state index < -0.39 is 0 Å². The zero-order valence-electron chi connectivity index (χ0n) is 20.3. The number of carbonyl (C=O) groups is 1. The number of rotatable bonds is 6. The highest BCUT2D eigenvalue weighted by molar-refractivity contribution is 7.11. The van der Waals surface area contributed by atoms with Gasteiger partial charge in [0.15, 0.2) is 0 Å². The number of phenols is 1. The van der Waals surface area contributed by atoms with Crippen LogP contribution in [0, 0.1) is 13.8 Å². The maximum Gasteiger partial charge on any atom is 0.251 e. The van der Waals surface area contributed by atoms with Gasteiger partial charge in [-0.3, -0.25) is 4.79 Å². The number of aromatic amines is 1. The van der Waals surface area contributed by atoms with Crippen molar-refractivity contribution >= 4 is 28.3 Å². The maximum absolute atomic E-state index is 13.0. The van der Waals surface area contributed by atoms with Gasteiger partial charge < -0.3 is 20.1 Å². The molecule has 182 valence electrons. The molecule has 2 aromatic carbocycles. The average Bonchev–Trinajstić information content (AvgIpc) is 3.45. The van der Waals surface area contributed by atoms with E-state index in [1.165, 1.54) is 0 Å². The average molecular weight is 500 g/mol. The van der Waals surface area contributed by atoms with Crippen molar-refractivity contribution in [2.45, 2.75) is 26.8 Å². The van der Waals surface area contributed by atoms with E-state index >= 15 is 0 Å². The van der Waals surface area contributed by atoms with Gasteiger partial charge in [-0.25, -0.2) is 15.0 Å². The highest BCUT2D eigenvalue weighted by Gasteiger charge is 2.18. The topological polar surface area (TPSA) is 113 Å². The Morgan fingerprint density at radius 1 is 1.11 bits per heavy atom. The summed E-state index contributed by atoms with van der Waals surface area (Å²) in [6, 6.07) is 14.1. The largest absolute Gasteiger partial charge is 0.507 e. The third-order valence-electron chi connectivity index (χ3n) is 5.97. The number of methoxy groups -OCH3 is 1. The van der Waals surface area contributed by atoms with E-state index in [9.17, 15) is 9.90 Å². The molecule has 0 bridgehead atoms. The molecule has 0 aliphatic carbocycles. The molecular formula is C27H25N5O3S. The SMILES string of the molecule is COc1ncccc1-c1ccc(O)c(-c2nc3cc(C(=O)NC(C)c4nc(C)sc4C)ccc3[nH]2)c1. The Labute approximate surface area is 212 Å². The summed E-state index contributed by atoms with van der Waals surface area (Å²) in [4.78, 5) is 30.8. The van der Waals surface area contributed by atoms with Crippen molar-refractivity contribution in [3.8, 4) is 34.1 Å². The fourth-order valence-corrected chi connectivity index (χ4v) is 5.15. The van der Waals surface area contributed by atoms with Crippen LogP contribution >= 0.6 is 11.3 Å². The Morgan fingerprint density at radius 3 is 2.69 bits per heavy atom. The first-order chi connectivity index (χ1) is 17.3. The number of nitrogens with zero attached hydrogens (tertiary/aromatic N) is 3. The van der Waals surface area contributed by atoms with E-state index in [0.29, 0.717) is 28.3 Å². The van der Waals surface area contributed by atoms with Crippen molar-refractivity contribution in [2.75, 3.05) is 7.11 Å². The molecule has 0 aliphatic heterocycles. The number of hydrogen-bond acceptors (Lipinski definition) is 7. The number of benzene rings is 2. The van der Waals surface area contributed by atoms with Gasteiger partial charge >= 0.3 is 0 Å². The van der Waals surface area contributed by atoms with E-state index in [2.05, 4.69) is 25.3 Å². The molecule has 3 N–H and O–H groups in total. The van der Waals surface area contributed by atoms with Crippen molar-refractivity contribution in [3.63, 3.8) is 0 Å². The molecule has 1 unspecified atom stereocenters. The second-order valence-corrected chi connectivity index (χ2v) is 9.89. The second-order valence-electron chi connectivity index (χ2n) is 8.48. The number of H-pyrrole nitrogens is 1. The van der Waals surface area contributed by atoms with E-state index in [4.69, 9.17) is 4.74 Å². The summed E-state index contributed by atoms with van der Waals surface area (Å²) in [6.45, 7) is 5.89. The molecule has 3 aromatic heterocycles. The molecule has 0 spiro atoms. The molecule has 0 aliphatic rings. The molecule has 8 nitrogen and oxygen atoms in total. The second kappa shape index (κ2) is 9.43. The summed E-state index contributed by atoms with van der Waals surface area (Å²) in [6.07, 6.45) is 1.66. The van der Waals surface area contributed by atoms with Crippen molar-refractivity contribution in [3.05, 3.63) is 75.9 Å². The van der Waals surface area contributed by atoms with Gasteiger partial charge in [0, 0.05) is 22.2 Å². The summed E-state index contributed by atoms with van der Waals surface area (Å²) in [7, 11) is 1.57. The number of aryl methyl sites for hydroxylation is 2. The first-order valence-electron chi connectivity index (χ1n) is 11.4. The van der Waals surface area contributed by atoms with Crippen LogP contribution in [-0.2, 0) is 0 Å². The molecular weight excluding hydrogens is 474 g/mol. The smallest absolute Gasteiger partial charge is 0.251 e. The predicted molar refractivity (Wildman–Crippen MR) is 140 cm³/mol. The summed E-state index contributed by atoms with van der Waals surface area (Å²) in [5, 5.41) is 14.6. The van der Waals surface area contributed by atoms with Crippen LogP contribution in [0.5, 0.6) is 11.6 Å². The number of fused-ring (bicyclic) bond motifs is 1. The van der Waals surface area contributed by atoms with Crippen LogP contribution in [0.2, 0.25) is 0 Å². The quantitative estimate of drug-likeness (QED) is 0.281. The Hall–Kier alpha value is -4.24. The minimum atomic E-state index is -0.211. The summed E-state index contributed by atoms with van der Waals surface area (Å²) < 4.78 is 5.38. The van der Waals surface area contributed by atoms with Crippen molar-refractivity contribution < 1.29 is 14.6 Å². The van der Waals surface area contributed by atoms with Gasteiger partial charge in [0.1, 0.15) is 11.6 Å². The minimum absolute atomic E-state index is 0.0846. The zero-order chi connectivity index (χ0) is 25.4. The number of pyridine rings is 1. The number of carbonyl (C=O) groups excluding carboxylic acids is 1. The first kappa shape index (κ1) is 23.5. The monoisotopic (exact) mass is 499 g/mol. The minimum Gasteiger partial charge on any atom is -0.507 e. The first-order valence-corrected chi connectivity index (χ1v) is 12.2. The Morgan fingerprint density at radius 2 is 1.94 bits per heavy atom. The number of nitrogens with one attached hydrogen (secondary N) is 2. The van der Waals surface area contributed by atoms with Gasteiger partial charge in [0.2, 0.25) is 5.88 Å². The highest BCUT2D eigenvalue weighted by Crippen LogP contribution is 2.35. The molecule has 36 heavy (non-hydrogen) atoms. The number of imidazole rings is 1. The summed E-state index contributed by atoms with van der Waals surface area (Å²) >= 11 is 1.62. The lowest BCUT2D eigenvalue weighted by molar-refractivity contribution is 0.0939. The number of hydrogen-bond donors (Lipinski definition) is 3. The Kier molecular flexibility index (Phi) is 6.15. The highest BCUT2D eigenvalue weighted by atomic mass is 32.1. The van der Waals surface area contributed by atoms with Crippen LogP contribution in [0.4, 0.5) is 0 Å². The number of ether oxygens (including phenoxy) is 1. The van der Waals surface area contributed by atoms with E-state index in [0.717, 1.165) is 32.2 Å². The number of thiazole rings is 1. The summed E-state index contributed by atoms with van der Waals surface area (Å²) in [5.41, 5.74) is 4.91. The third kappa shape index (κ3) is 4.40. The van der Waals surface area contributed by atoms with Crippen LogP contribution in [-0.4, -0.2) is 38.1 Å². The van der Waals surface area contributed by atoms with Crippen LogP contribution in [0.1, 0.15) is 38.9 Å². The van der Waals surface area contributed by atoms with Crippen LogP contribution in [0.15, 0.2) is 54.7 Å². The predicted octanol–water partition coefficient (Wildman–Crippen LogP) is 5.57. The molecule has 1 atom stereocenters. The molecule has 9 heteroatoms. The Balaban J connectivity index is 1.45.